The van der Waals surface area contributed by atoms with Crippen molar-refractivity contribution in [3.63, 3.8) is 0 Å². The predicted molar refractivity (Wildman–Crippen MR) is 68.0 cm³/mol. The first-order valence-electron chi connectivity index (χ1n) is 4.41. The predicted octanol–water partition coefficient (Wildman–Crippen LogP) is 2.74. The number of anilines is 1. The van der Waals surface area contributed by atoms with Crippen molar-refractivity contribution >= 4 is 44.3 Å². The Morgan fingerprint density at radius 3 is 2.81 bits per heavy atom. The van der Waals surface area contributed by atoms with Gasteiger partial charge >= 0.3 is 5.69 Å². The van der Waals surface area contributed by atoms with Gasteiger partial charge < -0.3 is 5.09 Å². The number of halogens is 1. The van der Waals surface area contributed by atoms with Gasteiger partial charge in [0.1, 0.15) is 0 Å². The van der Waals surface area contributed by atoms with Gasteiger partial charge in [-0.3, -0.25) is 10.1 Å². The summed E-state index contributed by atoms with van der Waals surface area (Å²) in [7, 11) is 2.15. The molecule has 0 aliphatic rings. The van der Waals surface area contributed by atoms with E-state index in [1.165, 1.54) is 11.8 Å². The molecular weight excluding hydrogens is 271 g/mol. The Kier molecular flexibility index (Phi) is 5.18. The van der Waals surface area contributed by atoms with Crippen molar-refractivity contribution in [2.75, 3.05) is 10.8 Å². The summed E-state index contributed by atoms with van der Waals surface area (Å²) in [6, 6.07) is 0. The lowest BCUT2D eigenvalue weighted by molar-refractivity contribution is -0.384. The summed E-state index contributed by atoms with van der Waals surface area (Å²) >= 11 is 7.14. The second-order valence-electron chi connectivity index (χ2n) is 2.74. The minimum atomic E-state index is -0.608. The van der Waals surface area contributed by atoms with Crippen molar-refractivity contribution < 1.29 is 4.92 Å². The maximum Gasteiger partial charge on any atom is 0.348 e. The van der Waals surface area contributed by atoms with Crippen molar-refractivity contribution in [3.8, 4) is 0 Å². The van der Waals surface area contributed by atoms with Gasteiger partial charge in [-0.05, 0) is 15.8 Å². The van der Waals surface area contributed by atoms with Crippen LogP contribution in [0.5, 0.6) is 0 Å². The molecular formula is C7H10ClN4O2PS. The summed E-state index contributed by atoms with van der Waals surface area (Å²) in [6.07, 6.45) is 0.965. The number of nitrogens with one attached hydrogen (secondary N) is 1. The number of nitro groups is 1. The van der Waals surface area contributed by atoms with E-state index in [9.17, 15) is 10.1 Å². The quantitative estimate of drug-likeness (QED) is 0.223. The molecule has 1 N–H and O–H groups in total. The fourth-order valence-electron chi connectivity index (χ4n) is 0.929. The van der Waals surface area contributed by atoms with E-state index >= 15 is 0 Å². The van der Waals surface area contributed by atoms with Crippen LogP contribution in [0.1, 0.15) is 13.3 Å². The van der Waals surface area contributed by atoms with Gasteiger partial charge in [0.25, 0.3) is 0 Å². The molecule has 0 aliphatic carbocycles. The Balaban J connectivity index is 3.11. The molecule has 0 amide bonds. The molecule has 1 heterocycles. The third-order valence-electron chi connectivity index (χ3n) is 1.58. The van der Waals surface area contributed by atoms with Crippen molar-refractivity contribution in [1.82, 2.24) is 9.97 Å². The molecule has 0 radical (unpaired) electrons. The van der Waals surface area contributed by atoms with Crippen LogP contribution in [0.2, 0.25) is 5.15 Å². The molecule has 1 aromatic heterocycles. The topological polar surface area (TPSA) is 81.0 Å². The SMILES string of the molecule is CCCSc1nc(Cl)c([N+](=O)[O-])c(NP)n1. The van der Waals surface area contributed by atoms with E-state index in [1.54, 1.807) is 0 Å². The highest BCUT2D eigenvalue weighted by molar-refractivity contribution is 7.99. The Hall–Kier alpha value is -0.650. The van der Waals surface area contributed by atoms with E-state index in [1.807, 2.05) is 6.92 Å². The summed E-state index contributed by atoms with van der Waals surface area (Å²) in [5.41, 5.74) is -0.308. The molecule has 0 spiro atoms. The fourth-order valence-corrected chi connectivity index (χ4v) is 2.12. The zero-order valence-corrected chi connectivity index (χ0v) is 11.2. The van der Waals surface area contributed by atoms with Gasteiger partial charge in [-0.2, -0.15) is 4.98 Å². The standard InChI is InChI=1S/C7H10ClN4O2PS/c1-2-3-16-7-9-5(8)4(12(13)14)6(10-7)11-15/h2-3,15H2,1H3,(H,9,10,11). The average molecular weight is 281 g/mol. The first kappa shape index (κ1) is 13.4. The maximum atomic E-state index is 10.7. The van der Waals surface area contributed by atoms with Crippen molar-refractivity contribution in [2.45, 2.75) is 18.5 Å². The van der Waals surface area contributed by atoms with E-state index in [0.29, 0.717) is 5.16 Å². The monoisotopic (exact) mass is 280 g/mol. The van der Waals surface area contributed by atoms with E-state index in [0.717, 1.165) is 12.2 Å². The van der Waals surface area contributed by atoms with Gasteiger partial charge in [0.2, 0.25) is 11.0 Å². The van der Waals surface area contributed by atoms with Crippen LogP contribution in [0.25, 0.3) is 0 Å². The molecule has 0 saturated carbocycles. The van der Waals surface area contributed by atoms with Crippen molar-refractivity contribution in [3.05, 3.63) is 15.3 Å². The molecule has 88 valence electrons. The summed E-state index contributed by atoms with van der Waals surface area (Å²) in [6.45, 7) is 2.02. The number of nitrogens with zero attached hydrogens (tertiary/aromatic N) is 3. The molecule has 16 heavy (non-hydrogen) atoms. The minimum absolute atomic E-state index is 0.105. The summed E-state index contributed by atoms with van der Waals surface area (Å²) in [5.74, 6) is 0.943. The third-order valence-corrected chi connectivity index (χ3v) is 3.17. The van der Waals surface area contributed by atoms with Gasteiger partial charge in [0.05, 0.1) is 4.92 Å². The van der Waals surface area contributed by atoms with Crippen LogP contribution in [0.3, 0.4) is 0 Å². The number of hydrogen-bond acceptors (Lipinski definition) is 6. The number of aromatic nitrogens is 2. The number of hydrogen-bond donors (Lipinski definition) is 1. The zero-order valence-electron chi connectivity index (χ0n) is 8.44. The molecule has 0 saturated heterocycles. The molecule has 6 nitrogen and oxygen atoms in total. The summed E-state index contributed by atoms with van der Waals surface area (Å²) in [4.78, 5) is 18.0. The first-order chi connectivity index (χ1) is 7.60. The van der Waals surface area contributed by atoms with E-state index in [4.69, 9.17) is 11.6 Å². The smallest absolute Gasteiger partial charge is 0.348 e. The second kappa shape index (κ2) is 6.18. The van der Waals surface area contributed by atoms with E-state index in [2.05, 4.69) is 24.4 Å². The number of thioether (sulfide) groups is 1. The first-order valence-corrected chi connectivity index (χ1v) is 6.35. The highest BCUT2D eigenvalue weighted by Crippen LogP contribution is 2.32. The van der Waals surface area contributed by atoms with Gasteiger partial charge in [0.15, 0.2) is 5.16 Å². The lowest BCUT2D eigenvalue weighted by Gasteiger charge is -2.04. The molecule has 0 aliphatic heterocycles. The highest BCUT2D eigenvalue weighted by Gasteiger charge is 2.22. The summed E-state index contributed by atoms with van der Waals surface area (Å²) in [5, 5.41) is 13.6. The van der Waals surface area contributed by atoms with E-state index < -0.39 is 4.92 Å². The van der Waals surface area contributed by atoms with Gasteiger partial charge in [0, 0.05) is 5.75 Å². The number of rotatable bonds is 5. The van der Waals surface area contributed by atoms with Gasteiger partial charge in [-0.25, -0.2) is 4.98 Å². The zero-order chi connectivity index (χ0) is 12.1. The maximum absolute atomic E-state index is 10.7. The fraction of sp³-hybridized carbons (Fsp3) is 0.429. The Bertz CT molecular complexity index is 406. The Morgan fingerprint density at radius 1 is 1.62 bits per heavy atom. The largest absolute Gasteiger partial charge is 0.349 e. The molecule has 1 atom stereocenters. The van der Waals surface area contributed by atoms with Crippen LogP contribution in [0.15, 0.2) is 5.16 Å². The van der Waals surface area contributed by atoms with Crippen LogP contribution in [-0.2, 0) is 0 Å². The molecule has 9 heteroatoms. The molecule has 1 unspecified atom stereocenters. The normalized spacial score (nSPS) is 10.2. The molecule has 1 aromatic rings. The van der Waals surface area contributed by atoms with Gasteiger partial charge in [-0.15, -0.1) is 0 Å². The lowest BCUT2D eigenvalue weighted by atomic mass is 10.5. The average Bonchev–Trinajstić information content (AvgIpc) is 2.24. The molecule has 1 rings (SSSR count). The van der Waals surface area contributed by atoms with Crippen LogP contribution < -0.4 is 5.09 Å². The Labute approximate surface area is 104 Å². The highest BCUT2D eigenvalue weighted by atomic mass is 35.5. The van der Waals surface area contributed by atoms with Crippen LogP contribution in [0.4, 0.5) is 11.5 Å². The molecule has 0 fully saturated rings. The van der Waals surface area contributed by atoms with Crippen LogP contribution in [0, 0.1) is 10.1 Å². The second-order valence-corrected chi connectivity index (χ2v) is 4.45. The summed E-state index contributed by atoms with van der Waals surface area (Å²) < 4.78 is 0. The Morgan fingerprint density at radius 2 is 2.31 bits per heavy atom. The van der Waals surface area contributed by atoms with Crippen molar-refractivity contribution in [1.29, 1.82) is 0 Å². The van der Waals surface area contributed by atoms with Crippen LogP contribution >= 0.6 is 32.8 Å². The molecule has 0 aromatic carbocycles. The lowest BCUT2D eigenvalue weighted by Crippen LogP contribution is -2.00. The van der Waals surface area contributed by atoms with E-state index in [-0.39, 0.29) is 16.7 Å². The van der Waals surface area contributed by atoms with Crippen LogP contribution in [-0.4, -0.2) is 20.6 Å². The van der Waals surface area contributed by atoms with Gasteiger partial charge in [-0.1, -0.05) is 30.3 Å². The van der Waals surface area contributed by atoms with Crippen molar-refractivity contribution in [2.24, 2.45) is 0 Å². The minimum Gasteiger partial charge on any atom is -0.349 e. The third kappa shape index (κ3) is 3.17. The molecule has 0 bridgehead atoms.